The molecule has 0 unspecified atom stereocenters. The summed E-state index contributed by atoms with van der Waals surface area (Å²) in [5.74, 6) is 0.991. The van der Waals surface area contributed by atoms with Gasteiger partial charge in [-0.2, -0.15) is 0 Å². The number of carbonyl (C=O) groups is 1. The first kappa shape index (κ1) is 15.0. The minimum absolute atomic E-state index is 0.0860. The number of amides is 1. The number of hydrogen-bond donors (Lipinski definition) is 0. The predicted molar refractivity (Wildman–Crippen MR) is 84.1 cm³/mol. The zero-order chi connectivity index (χ0) is 15.0. The first-order valence-electron chi connectivity index (χ1n) is 7.23. The van der Waals surface area contributed by atoms with Crippen molar-refractivity contribution in [3.05, 3.63) is 24.0 Å². The molecule has 0 spiro atoms. The summed E-state index contributed by atoms with van der Waals surface area (Å²) in [6.45, 7) is 3.61. The summed E-state index contributed by atoms with van der Waals surface area (Å²) >= 11 is 1.50. The minimum atomic E-state index is -2.86. The maximum atomic E-state index is 12.4. The third-order valence-corrected chi connectivity index (χ3v) is 7.56. The molecule has 0 N–H and O–H groups in total. The van der Waals surface area contributed by atoms with E-state index in [1.54, 1.807) is 0 Å². The summed E-state index contributed by atoms with van der Waals surface area (Å²) in [6, 6.07) is 4.16. The van der Waals surface area contributed by atoms with Gasteiger partial charge in [-0.25, -0.2) is 8.42 Å². The molecule has 0 saturated carbocycles. The molecular formula is C14H20N2O3S2. The molecule has 0 bridgehead atoms. The fourth-order valence-electron chi connectivity index (χ4n) is 3.08. The molecule has 3 heterocycles. The second kappa shape index (κ2) is 5.68. The van der Waals surface area contributed by atoms with Gasteiger partial charge in [0.2, 0.25) is 5.91 Å². The zero-order valence-corrected chi connectivity index (χ0v) is 13.7. The van der Waals surface area contributed by atoms with Crippen LogP contribution in [-0.4, -0.2) is 52.8 Å². The van der Waals surface area contributed by atoms with Crippen molar-refractivity contribution in [1.82, 2.24) is 9.47 Å². The molecule has 1 aromatic heterocycles. The Morgan fingerprint density at radius 1 is 1.43 bits per heavy atom. The highest BCUT2D eigenvalue weighted by Gasteiger charge is 2.31. The molecule has 5 nitrogen and oxygen atoms in total. The van der Waals surface area contributed by atoms with E-state index in [1.165, 1.54) is 17.5 Å². The van der Waals surface area contributed by atoms with Crippen LogP contribution in [0.1, 0.15) is 25.1 Å². The lowest BCUT2D eigenvalue weighted by molar-refractivity contribution is -0.131. The van der Waals surface area contributed by atoms with Gasteiger partial charge in [0.1, 0.15) is 0 Å². The number of thioether (sulfide) groups is 1. The molecule has 0 aliphatic carbocycles. The van der Waals surface area contributed by atoms with Crippen LogP contribution in [0.4, 0.5) is 0 Å². The van der Waals surface area contributed by atoms with Crippen molar-refractivity contribution in [2.24, 2.45) is 0 Å². The fraction of sp³-hybridized carbons (Fsp3) is 0.643. The highest BCUT2D eigenvalue weighted by atomic mass is 32.2. The Morgan fingerprint density at radius 2 is 2.24 bits per heavy atom. The molecule has 2 aliphatic rings. The van der Waals surface area contributed by atoms with E-state index in [1.807, 2.05) is 24.1 Å². The fourth-order valence-corrected chi connectivity index (χ4v) is 6.61. The van der Waals surface area contributed by atoms with E-state index < -0.39 is 9.84 Å². The Kier molecular flexibility index (Phi) is 4.05. The van der Waals surface area contributed by atoms with Crippen LogP contribution in [0.25, 0.3) is 0 Å². The molecule has 2 atom stereocenters. The smallest absolute Gasteiger partial charge is 0.233 e. The van der Waals surface area contributed by atoms with Crippen molar-refractivity contribution in [1.29, 1.82) is 0 Å². The molecule has 1 fully saturated rings. The van der Waals surface area contributed by atoms with Crippen LogP contribution < -0.4 is 0 Å². The first-order chi connectivity index (χ1) is 9.96. The average molecular weight is 328 g/mol. The molecule has 1 saturated heterocycles. The highest BCUT2D eigenvalue weighted by molar-refractivity contribution is 8.02. The Balaban J connectivity index is 1.57. The molecule has 0 aromatic carbocycles. The van der Waals surface area contributed by atoms with E-state index in [-0.39, 0.29) is 28.7 Å². The number of aromatic nitrogens is 1. The van der Waals surface area contributed by atoms with E-state index in [9.17, 15) is 13.2 Å². The monoisotopic (exact) mass is 328 g/mol. The first-order valence-corrected chi connectivity index (χ1v) is 10.1. The van der Waals surface area contributed by atoms with E-state index >= 15 is 0 Å². The maximum absolute atomic E-state index is 12.4. The molecule has 1 aromatic rings. The van der Waals surface area contributed by atoms with Crippen LogP contribution in [0.3, 0.4) is 0 Å². The number of hydrogen-bond acceptors (Lipinski definition) is 4. The van der Waals surface area contributed by atoms with Gasteiger partial charge >= 0.3 is 0 Å². The van der Waals surface area contributed by atoms with Crippen molar-refractivity contribution in [2.75, 3.05) is 23.8 Å². The van der Waals surface area contributed by atoms with Crippen LogP contribution >= 0.6 is 11.8 Å². The summed E-state index contributed by atoms with van der Waals surface area (Å²) in [5, 5.41) is 0.0860. The summed E-state index contributed by atoms with van der Waals surface area (Å²) in [5.41, 5.74) is 1.17. The van der Waals surface area contributed by atoms with Crippen molar-refractivity contribution >= 4 is 27.5 Å². The highest BCUT2D eigenvalue weighted by Crippen LogP contribution is 2.28. The zero-order valence-electron chi connectivity index (χ0n) is 12.1. The molecule has 3 rings (SSSR count). The number of fused-ring (bicyclic) bond motifs is 1. The predicted octanol–water partition coefficient (Wildman–Crippen LogP) is 1.31. The lowest BCUT2D eigenvalue weighted by Crippen LogP contribution is -2.41. The number of sulfone groups is 1. The maximum Gasteiger partial charge on any atom is 0.233 e. The van der Waals surface area contributed by atoms with Gasteiger partial charge in [0.25, 0.3) is 0 Å². The molecule has 116 valence electrons. The average Bonchev–Trinajstić information content (AvgIpc) is 3.03. The van der Waals surface area contributed by atoms with E-state index in [4.69, 9.17) is 0 Å². The number of nitrogens with zero attached hydrogens (tertiary/aromatic N) is 2. The number of carbonyl (C=O) groups excluding carboxylic acids is 1. The van der Waals surface area contributed by atoms with Crippen LogP contribution in [0.15, 0.2) is 18.3 Å². The lowest BCUT2D eigenvalue weighted by atomic mass is 10.1. The summed E-state index contributed by atoms with van der Waals surface area (Å²) in [6.07, 6.45) is 2.73. The standard InChI is InChI=1S/C14H20N2O3S2/c1-11-13-3-2-5-15(13)6-7-16(11)14(17)9-20-12-4-8-21(18,19)10-12/h2-3,5,11-12H,4,6-10H2,1H3/t11-,12+/m0/s1. The Bertz CT molecular complexity index is 638. The SMILES string of the molecule is C[C@H]1c2cccn2CCN1C(=O)CS[C@@H]1CCS(=O)(=O)C1. The van der Waals surface area contributed by atoms with Crippen molar-refractivity contribution < 1.29 is 13.2 Å². The number of rotatable bonds is 3. The second-order valence-corrected chi connectivity index (χ2v) is 9.24. The Morgan fingerprint density at radius 3 is 2.95 bits per heavy atom. The summed E-state index contributed by atoms with van der Waals surface area (Å²) < 4.78 is 25.1. The molecule has 0 radical (unpaired) electrons. The minimum Gasteiger partial charge on any atom is -0.348 e. The van der Waals surface area contributed by atoms with Crippen LogP contribution in [-0.2, 0) is 21.2 Å². The van der Waals surface area contributed by atoms with Gasteiger partial charge < -0.3 is 9.47 Å². The molecular weight excluding hydrogens is 308 g/mol. The van der Waals surface area contributed by atoms with E-state index in [0.717, 1.165) is 13.1 Å². The second-order valence-electron chi connectivity index (χ2n) is 5.73. The van der Waals surface area contributed by atoms with E-state index in [2.05, 4.69) is 10.6 Å². The van der Waals surface area contributed by atoms with E-state index in [0.29, 0.717) is 12.2 Å². The largest absolute Gasteiger partial charge is 0.348 e. The van der Waals surface area contributed by atoms with Crippen molar-refractivity contribution in [3.63, 3.8) is 0 Å². The van der Waals surface area contributed by atoms with Gasteiger partial charge in [-0.1, -0.05) is 0 Å². The Labute approximate surface area is 129 Å². The van der Waals surface area contributed by atoms with Crippen LogP contribution in [0.2, 0.25) is 0 Å². The molecule has 1 amide bonds. The molecule has 21 heavy (non-hydrogen) atoms. The van der Waals surface area contributed by atoms with Crippen LogP contribution in [0, 0.1) is 0 Å². The van der Waals surface area contributed by atoms with Gasteiger partial charge in [0.05, 0.1) is 23.3 Å². The van der Waals surface area contributed by atoms with Gasteiger partial charge in [0.15, 0.2) is 9.84 Å². The van der Waals surface area contributed by atoms with Gasteiger partial charge in [0, 0.05) is 30.2 Å². The topological polar surface area (TPSA) is 59.4 Å². The quantitative estimate of drug-likeness (QED) is 0.839. The van der Waals surface area contributed by atoms with Gasteiger partial charge in [-0.3, -0.25) is 4.79 Å². The van der Waals surface area contributed by atoms with Crippen molar-refractivity contribution in [2.45, 2.75) is 31.2 Å². The summed E-state index contributed by atoms with van der Waals surface area (Å²) in [7, 11) is -2.86. The lowest BCUT2D eigenvalue weighted by Gasteiger charge is -2.35. The summed E-state index contributed by atoms with van der Waals surface area (Å²) in [4.78, 5) is 14.3. The Hall–Kier alpha value is -0.950. The van der Waals surface area contributed by atoms with Gasteiger partial charge in [-0.05, 0) is 25.5 Å². The third kappa shape index (κ3) is 3.13. The van der Waals surface area contributed by atoms with Crippen LogP contribution in [0.5, 0.6) is 0 Å². The van der Waals surface area contributed by atoms with Crippen molar-refractivity contribution in [3.8, 4) is 0 Å². The third-order valence-electron chi connectivity index (χ3n) is 4.30. The van der Waals surface area contributed by atoms with Gasteiger partial charge in [-0.15, -0.1) is 11.8 Å². The normalized spacial score (nSPS) is 27.6. The molecule has 2 aliphatic heterocycles. The molecule has 7 heteroatoms.